The molecular formula is C16H23NO. The molecule has 0 spiro atoms. The van der Waals surface area contributed by atoms with Gasteiger partial charge in [0.15, 0.2) is 0 Å². The standard InChI is InChI=1S/C16H23NO/c1-15(2)14-10-11-9-12(18-4)5-6-13(11)16(15,3)7-8-17-14/h5-6,9,14,17H,7-8,10H2,1-4H3. The number of methoxy groups -OCH3 is 1. The van der Waals surface area contributed by atoms with Crippen LogP contribution in [0.3, 0.4) is 0 Å². The van der Waals surface area contributed by atoms with Crippen molar-refractivity contribution in [3.8, 4) is 5.75 Å². The summed E-state index contributed by atoms with van der Waals surface area (Å²) in [7, 11) is 1.75. The minimum absolute atomic E-state index is 0.281. The second-order valence-corrected chi connectivity index (χ2v) is 6.54. The molecule has 1 saturated heterocycles. The predicted molar refractivity (Wildman–Crippen MR) is 74.2 cm³/mol. The van der Waals surface area contributed by atoms with Crippen LogP contribution in [0.2, 0.25) is 0 Å². The monoisotopic (exact) mass is 245 g/mol. The number of piperidine rings is 1. The summed E-state index contributed by atoms with van der Waals surface area (Å²) in [5, 5.41) is 3.70. The average Bonchev–Trinajstić information content (AvgIpc) is 2.33. The maximum atomic E-state index is 5.37. The Morgan fingerprint density at radius 3 is 2.78 bits per heavy atom. The number of hydrogen-bond donors (Lipinski definition) is 1. The number of benzene rings is 1. The van der Waals surface area contributed by atoms with Crippen LogP contribution in [0.15, 0.2) is 18.2 Å². The minimum atomic E-state index is 0.281. The maximum Gasteiger partial charge on any atom is 0.119 e. The molecule has 2 unspecified atom stereocenters. The van der Waals surface area contributed by atoms with Gasteiger partial charge in [0, 0.05) is 11.5 Å². The van der Waals surface area contributed by atoms with E-state index in [1.54, 1.807) is 7.11 Å². The van der Waals surface area contributed by atoms with Crippen LogP contribution in [0.5, 0.6) is 5.75 Å². The fraction of sp³-hybridized carbons (Fsp3) is 0.625. The van der Waals surface area contributed by atoms with Crippen LogP contribution in [0.1, 0.15) is 38.3 Å². The van der Waals surface area contributed by atoms with Crippen molar-refractivity contribution in [1.82, 2.24) is 5.32 Å². The predicted octanol–water partition coefficient (Wildman–Crippen LogP) is 2.90. The quantitative estimate of drug-likeness (QED) is 0.821. The Morgan fingerprint density at radius 2 is 2.06 bits per heavy atom. The number of hydrogen-bond acceptors (Lipinski definition) is 2. The third-order valence-electron chi connectivity index (χ3n) is 5.64. The fourth-order valence-electron chi connectivity index (χ4n) is 3.89. The molecule has 18 heavy (non-hydrogen) atoms. The summed E-state index contributed by atoms with van der Waals surface area (Å²) in [6.45, 7) is 8.40. The number of ether oxygens (including phenoxy) is 1. The summed E-state index contributed by atoms with van der Waals surface area (Å²) in [5.41, 5.74) is 3.59. The summed E-state index contributed by atoms with van der Waals surface area (Å²) < 4.78 is 5.37. The van der Waals surface area contributed by atoms with Gasteiger partial charge in [-0.05, 0) is 48.1 Å². The topological polar surface area (TPSA) is 21.3 Å². The highest BCUT2D eigenvalue weighted by Gasteiger charge is 2.53. The van der Waals surface area contributed by atoms with Crippen LogP contribution in [-0.4, -0.2) is 19.7 Å². The second-order valence-electron chi connectivity index (χ2n) is 6.54. The zero-order chi connectivity index (χ0) is 13.0. The van der Waals surface area contributed by atoms with Gasteiger partial charge in [0.25, 0.3) is 0 Å². The molecular weight excluding hydrogens is 222 g/mol. The molecule has 1 aliphatic heterocycles. The van der Waals surface area contributed by atoms with E-state index < -0.39 is 0 Å². The van der Waals surface area contributed by atoms with Crippen LogP contribution >= 0.6 is 0 Å². The first-order valence-electron chi connectivity index (χ1n) is 6.90. The van der Waals surface area contributed by atoms with Crippen LogP contribution in [0, 0.1) is 5.41 Å². The molecule has 98 valence electrons. The Kier molecular flexibility index (Phi) is 2.50. The molecule has 3 rings (SSSR count). The van der Waals surface area contributed by atoms with Gasteiger partial charge in [-0.1, -0.05) is 26.8 Å². The van der Waals surface area contributed by atoms with E-state index in [0.717, 1.165) is 18.7 Å². The Balaban J connectivity index is 2.17. The third-order valence-corrected chi connectivity index (χ3v) is 5.64. The van der Waals surface area contributed by atoms with Gasteiger partial charge in [-0.2, -0.15) is 0 Å². The highest BCUT2D eigenvalue weighted by atomic mass is 16.5. The van der Waals surface area contributed by atoms with E-state index >= 15 is 0 Å². The lowest BCUT2D eigenvalue weighted by Gasteiger charge is -2.57. The lowest BCUT2D eigenvalue weighted by molar-refractivity contribution is 0.0558. The van der Waals surface area contributed by atoms with Gasteiger partial charge in [0.05, 0.1) is 7.11 Å². The Labute approximate surface area is 110 Å². The van der Waals surface area contributed by atoms with Crippen molar-refractivity contribution < 1.29 is 4.74 Å². The fourth-order valence-corrected chi connectivity index (χ4v) is 3.89. The lowest BCUT2D eigenvalue weighted by atomic mass is 9.51. The van der Waals surface area contributed by atoms with Crippen molar-refractivity contribution in [3.05, 3.63) is 29.3 Å². The van der Waals surface area contributed by atoms with E-state index in [-0.39, 0.29) is 5.41 Å². The zero-order valence-electron chi connectivity index (χ0n) is 11.8. The third kappa shape index (κ3) is 1.38. The Hall–Kier alpha value is -1.02. The summed E-state index contributed by atoms with van der Waals surface area (Å²) in [6.07, 6.45) is 2.34. The van der Waals surface area contributed by atoms with E-state index in [1.165, 1.54) is 17.5 Å². The van der Waals surface area contributed by atoms with E-state index in [1.807, 2.05) is 0 Å². The second kappa shape index (κ2) is 3.74. The van der Waals surface area contributed by atoms with E-state index in [9.17, 15) is 0 Å². The van der Waals surface area contributed by atoms with Crippen LogP contribution in [0.25, 0.3) is 0 Å². The summed E-state index contributed by atoms with van der Waals surface area (Å²) in [6, 6.07) is 7.21. The molecule has 2 atom stereocenters. The molecule has 2 aliphatic rings. The molecule has 2 heteroatoms. The van der Waals surface area contributed by atoms with Crippen LogP contribution < -0.4 is 10.1 Å². The van der Waals surface area contributed by atoms with Crippen molar-refractivity contribution in [2.75, 3.05) is 13.7 Å². The zero-order valence-corrected chi connectivity index (χ0v) is 11.8. The lowest BCUT2D eigenvalue weighted by Crippen LogP contribution is -2.62. The van der Waals surface area contributed by atoms with Gasteiger partial charge < -0.3 is 10.1 Å². The molecule has 1 N–H and O–H groups in total. The van der Waals surface area contributed by atoms with Crippen molar-refractivity contribution in [3.63, 3.8) is 0 Å². The molecule has 1 aromatic rings. The van der Waals surface area contributed by atoms with Gasteiger partial charge >= 0.3 is 0 Å². The molecule has 2 bridgehead atoms. The van der Waals surface area contributed by atoms with Gasteiger partial charge in [-0.3, -0.25) is 0 Å². The smallest absolute Gasteiger partial charge is 0.119 e. The Morgan fingerprint density at radius 1 is 1.28 bits per heavy atom. The van der Waals surface area contributed by atoms with Crippen molar-refractivity contribution in [1.29, 1.82) is 0 Å². The largest absolute Gasteiger partial charge is 0.497 e. The van der Waals surface area contributed by atoms with Crippen molar-refractivity contribution in [2.24, 2.45) is 5.41 Å². The van der Waals surface area contributed by atoms with E-state index in [4.69, 9.17) is 4.74 Å². The number of nitrogens with one attached hydrogen (secondary N) is 1. The summed E-state index contributed by atoms with van der Waals surface area (Å²) in [4.78, 5) is 0. The SMILES string of the molecule is COc1ccc2c(c1)CC1NCCC2(C)C1(C)C. The highest BCUT2D eigenvalue weighted by molar-refractivity contribution is 5.45. The van der Waals surface area contributed by atoms with Gasteiger partial charge in [0.1, 0.15) is 5.75 Å². The van der Waals surface area contributed by atoms with Gasteiger partial charge in [0.2, 0.25) is 0 Å². The molecule has 0 aromatic heterocycles. The number of rotatable bonds is 1. The van der Waals surface area contributed by atoms with Gasteiger partial charge in [-0.15, -0.1) is 0 Å². The molecule has 1 heterocycles. The molecule has 2 nitrogen and oxygen atoms in total. The summed E-state index contributed by atoms with van der Waals surface area (Å²) in [5.74, 6) is 0.982. The van der Waals surface area contributed by atoms with E-state index in [0.29, 0.717) is 11.5 Å². The average molecular weight is 245 g/mol. The molecule has 1 aromatic carbocycles. The molecule has 0 amide bonds. The van der Waals surface area contributed by atoms with Gasteiger partial charge in [-0.25, -0.2) is 0 Å². The van der Waals surface area contributed by atoms with Crippen molar-refractivity contribution >= 4 is 0 Å². The van der Waals surface area contributed by atoms with Crippen molar-refractivity contribution in [2.45, 2.75) is 45.1 Å². The van der Waals surface area contributed by atoms with Crippen LogP contribution in [-0.2, 0) is 11.8 Å². The maximum absolute atomic E-state index is 5.37. The molecule has 1 aliphatic carbocycles. The molecule has 0 saturated carbocycles. The molecule has 1 fully saturated rings. The minimum Gasteiger partial charge on any atom is -0.497 e. The summed E-state index contributed by atoms with van der Waals surface area (Å²) >= 11 is 0. The number of fused-ring (bicyclic) bond motifs is 4. The normalized spacial score (nSPS) is 32.8. The first-order valence-corrected chi connectivity index (χ1v) is 6.90. The first kappa shape index (κ1) is 12.0. The van der Waals surface area contributed by atoms with E-state index in [2.05, 4.69) is 44.3 Å². The highest BCUT2D eigenvalue weighted by Crippen LogP contribution is 2.53. The van der Waals surface area contributed by atoms with Crippen LogP contribution in [0.4, 0.5) is 0 Å². The Bertz CT molecular complexity index is 480. The first-order chi connectivity index (χ1) is 8.49. The molecule has 0 radical (unpaired) electrons.